The van der Waals surface area contributed by atoms with Gasteiger partial charge in [-0.05, 0) is 48.2 Å². The van der Waals surface area contributed by atoms with Crippen molar-refractivity contribution in [3.8, 4) is 0 Å². The number of nitrogens with one attached hydrogen (secondary N) is 1. The van der Waals surface area contributed by atoms with Gasteiger partial charge in [-0.3, -0.25) is 14.5 Å². The van der Waals surface area contributed by atoms with Crippen molar-refractivity contribution in [1.82, 2.24) is 30.0 Å². The van der Waals surface area contributed by atoms with Crippen LogP contribution >= 0.6 is 11.8 Å². The Morgan fingerprint density at radius 3 is 2.47 bits per heavy atom. The smallest absolute Gasteiger partial charge is 0.238 e. The van der Waals surface area contributed by atoms with Gasteiger partial charge >= 0.3 is 0 Å². The van der Waals surface area contributed by atoms with Crippen molar-refractivity contribution < 1.29 is 9.59 Å². The van der Waals surface area contributed by atoms with Crippen molar-refractivity contribution >= 4 is 29.3 Å². The Balaban J connectivity index is 1.21. The van der Waals surface area contributed by atoms with E-state index in [9.17, 15) is 9.59 Å². The fourth-order valence-corrected chi connectivity index (χ4v) is 5.27. The van der Waals surface area contributed by atoms with Crippen LogP contribution < -0.4 is 5.32 Å². The number of aromatic nitrogens is 4. The molecular weight excluding hydrogens is 426 g/mol. The van der Waals surface area contributed by atoms with Crippen LogP contribution in [0.3, 0.4) is 0 Å². The number of thioether (sulfide) groups is 1. The molecule has 4 rings (SSSR count). The van der Waals surface area contributed by atoms with Crippen molar-refractivity contribution in [3.05, 3.63) is 29.3 Å². The van der Waals surface area contributed by atoms with Crippen LogP contribution in [0.15, 0.2) is 23.4 Å². The van der Waals surface area contributed by atoms with Crippen LogP contribution in [0.1, 0.15) is 42.9 Å². The molecule has 0 atom stereocenters. The summed E-state index contributed by atoms with van der Waals surface area (Å²) in [5, 5.41) is 15.8. The number of aryl methyl sites for hydroxylation is 2. The van der Waals surface area contributed by atoms with Gasteiger partial charge in [0, 0.05) is 31.9 Å². The number of tetrazole rings is 1. The number of nitrogens with zero attached hydrogens (tertiary/aromatic N) is 6. The monoisotopic (exact) mass is 457 g/mol. The lowest BCUT2D eigenvalue weighted by Gasteiger charge is -2.34. The van der Waals surface area contributed by atoms with Crippen LogP contribution in [-0.4, -0.2) is 80.3 Å². The van der Waals surface area contributed by atoms with Gasteiger partial charge in [0.05, 0.1) is 18.3 Å². The standard InChI is InChI=1S/C22H31N7O2S/c1-16-6-5-7-17(2)21(16)23-19(30)14-27-10-12-28(13-11-27)20(31)15-32-22-24-25-26-29(22)18-8-3-4-9-18/h5-7,18H,3-4,8-15H2,1-2H3,(H,23,30). The maximum absolute atomic E-state index is 12.7. The predicted octanol–water partition coefficient (Wildman–Crippen LogP) is 2.28. The molecule has 0 spiro atoms. The first kappa shape index (κ1) is 22.7. The zero-order chi connectivity index (χ0) is 22.5. The molecular formula is C22H31N7O2S. The van der Waals surface area contributed by atoms with Gasteiger partial charge in [0.15, 0.2) is 0 Å². The van der Waals surface area contributed by atoms with Crippen molar-refractivity contribution in [3.63, 3.8) is 0 Å². The number of hydrogen-bond acceptors (Lipinski definition) is 7. The molecule has 10 heteroatoms. The molecule has 1 aliphatic heterocycles. The van der Waals surface area contributed by atoms with Gasteiger partial charge in [0.1, 0.15) is 0 Å². The number of rotatable bonds is 7. The normalized spacial score (nSPS) is 17.6. The van der Waals surface area contributed by atoms with Crippen molar-refractivity contribution in [2.24, 2.45) is 0 Å². The third-order valence-electron chi connectivity index (χ3n) is 6.30. The van der Waals surface area contributed by atoms with E-state index in [0.29, 0.717) is 44.5 Å². The maximum atomic E-state index is 12.7. The van der Waals surface area contributed by atoms with E-state index in [4.69, 9.17) is 0 Å². The van der Waals surface area contributed by atoms with Crippen LogP contribution in [0.2, 0.25) is 0 Å². The maximum Gasteiger partial charge on any atom is 0.238 e. The molecule has 2 aromatic rings. The van der Waals surface area contributed by atoms with Gasteiger partial charge in [-0.25, -0.2) is 4.68 Å². The van der Waals surface area contributed by atoms with Gasteiger partial charge in [-0.1, -0.05) is 42.8 Å². The molecule has 2 aliphatic rings. The molecule has 2 fully saturated rings. The Kier molecular flexibility index (Phi) is 7.41. The molecule has 0 bridgehead atoms. The van der Waals surface area contributed by atoms with Gasteiger partial charge in [0.25, 0.3) is 0 Å². The molecule has 1 aromatic heterocycles. The highest BCUT2D eigenvalue weighted by atomic mass is 32.2. The Hall–Kier alpha value is -2.46. The molecule has 0 radical (unpaired) electrons. The van der Waals surface area contributed by atoms with Crippen LogP contribution in [0, 0.1) is 13.8 Å². The minimum atomic E-state index is -0.0171. The minimum absolute atomic E-state index is 0.0171. The number of piperazine rings is 1. The molecule has 9 nitrogen and oxygen atoms in total. The van der Waals surface area contributed by atoms with Gasteiger partial charge in [-0.15, -0.1) is 5.10 Å². The molecule has 1 N–H and O–H groups in total. The Bertz CT molecular complexity index is 929. The highest BCUT2D eigenvalue weighted by Gasteiger charge is 2.25. The molecule has 172 valence electrons. The molecule has 32 heavy (non-hydrogen) atoms. The summed E-state index contributed by atoms with van der Waals surface area (Å²) < 4.78 is 1.89. The second-order valence-corrected chi connectivity index (χ2v) is 9.55. The molecule has 2 heterocycles. The molecule has 1 saturated heterocycles. The average Bonchev–Trinajstić information content (AvgIpc) is 3.47. The quantitative estimate of drug-likeness (QED) is 0.637. The zero-order valence-corrected chi connectivity index (χ0v) is 19.6. The number of anilines is 1. The van der Waals surface area contributed by atoms with Crippen molar-refractivity contribution in [2.75, 3.05) is 43.8 Å². The molecule has 1 aliphatic carbocycles. The van der Waals surface area contributed by atoms with E-state index in [-0.39, 0.29) is 11.8 Å². The fraction of sp³-hybridized carbons (Fsp3) is 0.591. The van der Waals surface area contributed by atoms with E-state index in [0.717, 1.165) is 34.8 Å². The lowest BCUT2D eigenvalue weighted by Crippen LogP contribution is -2.51. The second kappa shape index (κ2) is 10.4. The van der Waals surface area contributed by atoms with Gasteiger partial charge < -0.3 is 10.2 Å². The van der Waals surface area contributed by atoms with Crippen molar-refractivity contribution in [1.29, 1.82) is 0 Å². The molecule has 1 saturated carbocycles. The Morgan fingerprint density at radius 2 is 1.78 bits per heavy atom. The second-order valence-electron chi connectivity index (χ2n) is 8.60. The first-order valence-electron chi connectivity index (χ1n) is 11.3. The van der Waals surface area contributed by atoms with Crippen molar-refractivity contribution in [2.45, 2.75) is 50.7 Å². The summed E-state index contributed by atoms with van der Waals surface area (Å²) >= 11 is 1.42. The van der Waals surface area contributed by atoms with Gasteiger partial charge in [-0.2, -0.15) is 0 Å². The molecule has 0 unspecified atom stereocenters. The van der Waals surface area contributed by atoms with Crippen LogP contribution in [0.25, 0.3) is 0 Å². The summed E-state index contributed by atoms with van der Waals surface area (Å²) in [7, 11) is 0. The van der Waals surface area contributed by atoms with E-state index in [1.807, 2.05) is 41.6 Å². The molecule has 2 amide bonds. The summed E-state index contributed by atoms with van der Waals surface area (Å²) in [6.07, 6.45) is 4.62. The van der Waals surface area contributed by atoms with E-state index >= 15 is 0 Å². The number of amides is 2. The summed E-state index contributed by atoms with van der Waals surface area (Å²) in [4.78, 5) is 29.2. The van der Waals surface area contributed by atoms with E-state index in [1.165, 1.54) is 24.6 Å². The highest BCUT2D eigenvalue weighted by Crippen LogP contribution is 2.31. The zero-order valence-electron chi connectivity index (χ0n) is 18.8. The number of para-hydroxylation sites is 1. The van der Waals surface area contributed by atoms with E-state index in [2.05, 4.69) is 25.7 Å². The lowest BCUT2D eigenvalue weighted by atomic mass is 10.1. The number of benzene rings is 1. The van der Waals surface area contributed by atoms with Crippen LogP contribution in [0.5, 0.6) is 0 Å². The van der Waals surface area contributed by atoms with E-state index in [1.54, 1.807) is 0 Å². The molecule has 1 aromatic carbocycles. The van der Waals surface area contributed by atoms with Crippen LogP contribution in [-0.2, 0) is 9.59 Å². The number of carbonyl (C=O) groups is 2. The Labute approximate surface area is 192 Å². The predicted molar refractivity (Wildman–Crippen MR) is 124 cm³/mol. The largest absolute Gasteiger partial charge is 0.339 e. The topological polar surface area (TPSA) is 96.2 Å². The fourth-order valence-electron chi connectivity index (χ4n) is 4.43. The van der Waals surface area contributed by atoms with Gasteiger partial charge in [0.2, 0.25) is 17.0 Å². The van der Waals surface area contributed by atoms with Crippen LogP contribution in [0.4, 0.5) is 5.69 Å². The van der Waals surface area contributed by atoms with E-state index < -0.39 is 0 Å². The summed E-state index contributed by atoms with van der Waals surface area (Å²) in [6.45, 7) is 6.97. The lowest BCUT2D eigenvalue weighted by molar-refractivity contribution is -0.130. The Morgan fingerprint density at radius 1 is 1.09 bits per heavy atom. The number of hydrogen-bond donors (Lipinski definition) is 1. The first-order chi connectivity index (χ1) is 15.5. The summed E-state index contributed by atoms with van der Waals surface area (Å²) in [5.41, 5.74) is 3.01. The average molecular weight is 458 g/mol. The summed E-state index contributed by atoms with van der Waals surface area (Å²) in [6, 6.07) is 6.35. The first-order valence-corrected chi connectivity index (χ1v) is 12.3. The summed E-state index contributed by atoms with van der Waals surface area (Å²) in [5.74, 6) is 0.409. The SMILES string of the molecule is Cc1cccc(C)c1NC(=O)CN1CCN(C(=O)CSc2nnnn2C2CCCC2)CC1. The third-order valence-corrected chi connectivity index (χ3v) is 7.21. The minimum Gasteiger partial charge on any atom is -0.339 e. The third kappa shape index (κ3) is 5.47. The highest BCUT2D eigenvalue weighted by molar-refractivity contribution is 7.99. The number of carbonyl (C=O) groups excluding carboxylic acids is 2.